The van der Waals surface area contributed by atoms with E-state index in [2.05, 4.69) is 69.4 Å². The molecule has 0 aliphatic heterocycles. The molecule has 3 rings (SSSR count). The van der Waals surface area contributed by atoms with Crippen LogP contribution in [0.3, 0.4) is 0 Å². The van der Waals surface area contributed by atoms with Crippen molar-refractivity contribution >= 4 is 17.2 Å². The quantitative estimate of drug-likeness (QED) is 0.684. The molecule has 1 aromatic heterocycles. The van der Waals surface area contributed by atoms with E-state index in [1.807, 2.05) is 28.9 Å². The Balaban J connectivity index is 2.14. The summed E-state index contributed by atoms with van der Waals surface area (Å²) in [7, 11) is 0. The Kier molecular flexibility index (Phi) is 4.52. The normalized spacial score (nSPS) is 10.5. The average molecular weight is 317 g/mol. The highest BCUT2D eigenvalue weighted by atomic mass is 15.3. The first kappa shape index (κ1) is 16.1. The van der Waals surface area contributed by atoms with Crippen LogP contribution in [0, 0.1) is 13.8 Å². The number of hydrogen-bond donors (Lipinski definition) is 1. The fraction of sp³-hybridized carbons (Fsp3) is 0.190. The van der Waals surface area contributed by atoms with Crippen molar-refractivity contribution in [3.05, 3.63) is 83.1 Å². The summed E-state index contributed by atoms with van der Waals surface area (Å²) in [6.07, 6.45) is 0. The van der Waals surface area contributed by atoms with Gasteiger partial charge in [-0.25, -0.2) is 4.68 Å². The van der Waals surface area contributed by atoms with Crippen molar-refractivity contribution < 1.29 is 0 Å². The van der Waals surface area contributed by atoms with Crippen LogP contribution >= 0.6 is 0 Å². The van der Waals surface area contributed by atoms with E-state index in [1.54, 1.807) is 0 Å². The monoisotopic (exact) mass is 317 g/mol. The first-order chi connectivity index (χ1) is 11.6. The number of para-hydroxylation sites is 1. The summed E-state index contributed by atoms with van der Waals surface area (Å²) in [5.41, 5.74) is 6.75. The Morgan fingerprint density at radius 1 is 0.875 bits per heavy atom. The number of nitrogens with zero attached hydrogens (tertiary/aromatic N) is 2. The fourth-order valence-electron chi connectivity index (χ4n) is 2.79. The summed E-state index contributed by atoms with van der Waals surface area (Å²) in [5.74, 6) is 1.01. The zero-order chi connectivity index (χ0) is 17.1. The highest BCUT2D eigenvalue weighted by Gasteiger charge is 2.17. The van der Waals surface area contributed by atoms with Gasteiger partial charge < -0.3 is 5.32 Å². The lowest BCUT2D eigenvalue weighted by molar-refractivity contribution is 0.882. The van der Waals surface area contributed by atoms with Crippen molar-refractivity contribution in [1.29, 1.82) is 0 Å². The number of anilines is 2. The maximum Gasteiger partial charge on any atom is 0.137 e. The van der Waals surface area contributed by atoms with Gasteiger partial charge in [-0.2, -0.15) is 5.10 Å². The highest BCUT2D eigenvalue weighted by Crippen LogP contribution is 2.30. The molecule has 1 N–H and O–H groups in total. The molecule has 1 heterocycles. The molecule has 3 aromatic rings. The third-order valence-corrected chi connectivity index (χ3v) is 4.13. The van der Waals surface area contributed by atoms with E-state index >= 15 is 0 Å². The molecule has 0 saturated heterocycles. The molecular formula is C21H23N3. The van der Waals surface area contributed by atoms with Crippen LogP contribution in [-0.4, -0.2) is 9.78 Å². The van der Waals surface area contributed by atoms with Gasteiger partial charge in [0.15, 0.2) is 0 Å². The van der Waals surface area contributed by atoms with E-state index in [9.17, 15) is 0 Å². The van der Waals surface area contributed by atoms with Crippen LogP contribution in [0.5, 0.6) is 0 Å². The summed E-state index contributed by atoms with van der Waals surface area (Å²) in [4.78, 5) is 0. The zero-order valence-corrected chi connectivity index (χ0v) is 14.7. The number of benzene rings is 2. The number of allylic oxidation sites excluding steroid dienone is 1. The smallest absolute Gasteiger partial charge is 0.137 e. The Labute approximate surface area is 143 Å². The van der Waals surface area contributed by atoms with Crippen molar-refractivity contribution in [2.45, 2.75) is 27.7 Å². The minimum absolute atomic E-state index is 1.01. The Bertz CT molecular complexity index is 855. The molecule has 0 aliphatic carbocycles. The molecule has 0 atom stereocenters. The topological polar surface area (TPSA) is 29.9 Å². The van der Waals surface area contributed by atoms with E-state index in [0.29, 0.717) is 0 Å². The predicted octanol–water partition coefficient (Wildman–Crippen LogP) is 5.54. The van der Waals surface area contributed by atoms with Gasteiger partial charge in [-0.15, -0.1) is 0 Å². The molecule has 0 amide bonds. The SMILES string of the molecule is CC(C)=C(c1ccccc1)n1nc(C)c(C)c1Nc1ccccc1. The number of rotatable bonds is 4. The average Bonchev–Trinajstić information content (AvgIpc) is 2.85. The van der Waals surface area contributed by atoms with Gasteiger partial charge in [0, 0.05) is 16.8 Å². The molecule has 3 nitrogen and oxygen atoms in total. The first-order valence-corrected chi connectivity index (χ1v) is 8.19. The van der Waals surface area contributed by atoms with E-state index in [0.717, 1.165) is 34.0 Å². The first-order valence-electron chi connectivity index (χ1n) is 8.19. The third-order valence-electron chi connectivity index (χ3n) is 4.13. The van der Waals surface area contributed by atoms with E-state index < -0.39 is 0 Å². The molecule has 0 unspecified atom stereocenters. The van der Waals surface area contributed by atoms with Crippen LogP contribution in [-0.2, 0) is 0 Å². The van der Waals surface area contributed by atoms with Gasteiger partial charge in [-0.05, 0) is 45.4 Å². The molecule has 0 aliphatic rings. The molecule has 0 saturated carbocycles. The Morgan fingerprint density at radius 3 is 2.04 bits per heavy atom. The predicted molar refractivity (Wildman–Crippen MR) is 102 cm³/mol. The summed E-state index contributed by atoms with van der Waals surface area (Å²) >= 11 is 0. The van der Waals surface area contributed by atoms with E-state index in [-0.39, 0.29) is 0 Å². The van der Waals surface area contributed by atoms with Gasteiger partial charge in [0.25, 0.3) is 0 Å². The van der Waals surface area contributed by atoms with Gasteiger partial charge in [0.2, 0.25) is 0 Å². The van der Waals surface area contributed by atoms with E-state index in [1.165, 1.54) is 5.57 Å². The second kappa shape index (κ2) is 6.75. The van der Waals surface area contributed by atoms with Crippen LogP contribution in [0.1, 0.15) is 30.7 Å². The second-order valence-corrected chi connectivity index (χ2v) is 6.18. The van der Waals surface area contributed by atoms with Crippen LogP contribution in [0.25, 0.3) is 5.70 Å². The van der Waals surface area contributed by atoms with Crippen LogP contribution < -0.4 is 5.32 Å². The van der Waals surface area contributed by atoms with E-state index in [4.69, 9.17) is 5.10 Å². The van der Waals surface area contributed by atoms with Gasteiger partial charge in [-0.3, -0.25) is 0 Å². The summed E-state index contributed by atoms with van der Waals surface area (Å²) < 4.78 is 2.03. The fourth-order valence-corrected chi connectivity index (χ4v) is 2.79. The number of nitrogens with one attached hydrogen (secondary N) is 1. The summed E-state index contributed by atoms with van der Waals surface area (Å²) in [5, 5.41) is 8.33. The lowest BCUT2D eigenvalue weighted by Crippen LogP contribution is -2.07. The van der Waals surface area contributed by atoms with Crippen molar-refractivity contribution in [1.82, 2.24) is 9.78 Å². The zero-order valence-electron chi connectivity index (χ0n) is 14.7. The second-order valence-electron chi connectivity index (χ2n) is 6.18. The molecule has 3 heteroatoms. The van der Waals surface area contributed by atoms with Crippen molar-refractivity contribution in [3.63, 3.8) is 0 Å². The Hall–Kier alpha value is -2.81. The van der Waals surface area contributed by atoms with Crippen LogP contribution in [0.15, 0.2) is 66.2 Å². The molecule has 0 radical (unpaired) electrons. The van der Waals surface area contributed by atoms with Gasteiger partial charge in [-0.1, -0.05) is 48.5 Å². The van der Waals surface area contributed by atoms with Crippen LogP contribution in [0.2, 0.25) is 0 Å². The Morgan fingerprint density at radius 2 is 1.46 bits per heavy atom. The summed E-state index contributed by atoms with van der Waals surface area (Å²) in [6, 6.07) is 20.6. The molecule has 0 fully saturated rings. The minimum atomic E-state index is 1.01. The number of aromatic nitrogens is 2. The maximum atomic E-state index is 4.80. The molecule has 0 bridgehead atoms. The lowest BCUT2D eigenvalue weighted by atomic mass is 10.1. The van der Waals surface area contributed by atoms with Gasteiger partial charge in [0.05, 0.1) is 11.4 Å². The van der Waals surface area contributed by atoms with Gasteiger partial charge in [0.1, 0.15) is 5.82 Å². The molecule has 24 heavy (non-hydrogen) atoms. The third kappa shape index (κ3) is 3.11. The van der Waals surface area contributed by atoms with Crippen molar-refractivity contribution in [2.75, 3.05) is 5.32 Å². The lowest BCUT2D eigenvalue weighted by Gasteiger charge is -2.16. The van der Waals surface area contributed by atoms with Gasteiger partial charge >= 0.3 is 0 Å². The number of aryl methyl sites for hydroxylation is 1. The summed E-state index contributed by atoms with van der Waals surface area (Å²) in [6.45, 7) is 8.41. The largest absolute Gasteiger partial charge is 0.340 e. The minimum Gasteiger partial charge on any atom is -0.340 e. The molecule has 0 spiro atoms. The van der Waals surface area contributed by atoms with Crippen molar-refractivity contribution in [3.8, 4) is 0 Å². The molecule has 2 aromatic carbocycles. The van der Waals surface area contributed by atoms with Crippen molar-refractivity contribution in [2.24, 2.45) is 0 Å². The molecule has 122 valence electrons. The standard InChI is InChI=1S/C21H23N3/c1-15(2)20(18-11-7-5-8-12-18)24-21(16(3)17(4)23-24)22-19-13-9-6-10-14-19/h5-14,22H,1-4H3. The maximum absolute atomic E-state index is 4.80. The van der Waals surface area contributed by atoms with Crippen LogP contribution in [0.4, 0.5) is 11.5 Å². The highest BCUT2D eigenvalue weighted by molar-refractivity contribution is 5.74. The number of hydrogen-bond acceptors (Lipinski definition) is 2. The molecular weight excluding hydrogens is 294 g/mol.